The standard InChI is InChI=1S/C16H13ClN2O3S2/c1-22-14(20)6-13(15(21)9-2-4-10(17)5-3-9)24-16-18-11-7-23-8-12(11)19-16/h2-5,7-8,13H,6H2,1H3,(H,18,19). The minimum Gasteiger partial charge on any atom is -0.469 e. The number of imidazole rings is 1. The van der Waals surface area contributed by atoms with Gasteiger partial charge in [0.25, 0.3) is 0 Å². The number of nitrogens with one attached hydrogen (secondary N) is 1. The summed E-state index contributed by atoms with van der Waals surface area (Å²) in [5.41, 5.74) is 2.25. The number of hydrogen-bond donors (Lipinski definition) is 1. The molecule has 5 nitrogen and oxygen atoms in total. The fourth-order valence-corrected chi connectivity index (χ4v) is 4.01. The number of carbonyl (C=O) groups excluding carboxylic acids is 2. The summed E-state index contributed by atoms with van der Waals surface area (Å²) in [4.78, 5) is 32.0. The first-order valence-corrected chi connectivity index (χ1v) is 9.22. The van der Waals surface area contributed by atoms with Crippen LogP contribution in [0, 0.1) is 0 Å². The van der Waals surface area contributed by atoms with E-state index in [-0.39, 0.29) is 12.2 Å². The van der Waals surface area contributed by atoms with Gasteiger partial charge in [0.1, 0.15) is 5.52 Å². The molecule has 0 radical (unpaired) electrons. The average Bonchev–Trinajstić information content (AvgIpc) is 3.15. The number of nitrogens with zero attached hydrogens (tertiary/aromatic N) is 1. The number of halogens is 1. The van der Waals surface area contributed by atoms with Gasteiger partial charge in [0.15, 0.2) is 10.9 Å². The molecule has 1 unspecified atom stereocenters. The number of aromatic nitrogens is 2. The molecule has 1 N–H and O–H groups in total. The molecule has 2 aromatic heterocycles. The van der Waals surface area contributed by atoms with Crippen LogP contribution in [0.25, 0.3) is 11.0 Å². The van der Waals surface area contributed by atoms with Gasteiger partial charge >= 0.3 is 5.97 Å². The van der Waals surface area contributed by atoms with Gasteiger partial charge in [-0.05, 0) is 24.3 Å². The quantitative estimate of drug-likeness (QED) is 0.394. The van der Waals surface area contributed by atoms with Gasteiger partial charge < -0.3 is 9.72 Å². The first-order chi connectivity index (χ1) is 11.6. The summed E-state index contributed by atoms with van der Waals surface area (Å²) in [5.74, 6) is -0.608. The molecule has 0 amide bonds. The number of rotatable bonds is 6. The molecule has 0 spiro atoms. The minimum absolute atomic E-state index is 0.0316. The number of methoxy groups -OCH3 is 1. The van der Waals surface area contributed by atoms with E-state index in [1.807, 2.05) is 10.8 Å². The molecule has 0 saturated carbocycles. The molecule has 3 aromatic rings. The molecule has 0 fully saturated rings. The minimum atomic E-state index is -0.627. The van der Waals surface area contributed by atoms with Gasteiger partial charge in [0, 0.05) is 21.3 Å². The molecule has 1 aromatic carbocycles. The van der Waals surface area contributed by atoms with E-state index in [4.69, 9.17) is 16.3 Å². The molecule has 0 bridgehead atoms. The molecule has 1 atom stereocenters. The third kappa shape index (κ3) is 3.80. The number of carbonyl (C=O) groups is 2. The molecule has 0 saturated heterocycles. The zero-order chi connectivity index (χ0) is 17.1. The van der Waals surface area contributed by atoms with Crippen LogP contribution < -0.4 is 0 Å². The zero-order valence-corrected chi connectivity index (χ0v) is 15.0. The van der Waals surface area contributed by atoms with Gasteiger partial charge in [-0.1, -0.05) is 23.4 Å². The van der Waals surface area contributed by atoms with Crippen molar-refractivity contribution in [2.24, 2.45) is 0 Å². The maximum Gasteiger partial charge on any atom is 0.307 e. The lowest BCUT2D eigenvalue weighted by atomic mass is 10.1. The molecule has 124 valence electrons. The first-order valence-electron chi connectivity index (χ1n) is 7.02. The predicted molar refractivity (Wildman–Crippen MR) is 96.0 cm³/mol. The number of ketones is 1. The monoisotopic (exact) mass is 380 g/mol. The number of ether oxygens (including phenoxy) is 1. The molecule has 0 aliphatic carbocycles. The molecule has 0 aliphatic rings. The maximum absolute atomic E-state index is 12.8. The van der Waals surface area contributed by atoms with E-state index < -0.39 is 11.2 Å². The van der Waals surface area contributed by atoms with E-state index in [0.717, 1.165) is 11.0 Å². The molecular formula is C16H13ClN2O3S2. The third-order valence-corrected chi connectivity index (χ3v) is 5.42. The molecule has 3 rings (SSSR count). The number of thioether (sulfide) groups is 1. The van der Waals surface area contributed by atoms with Gasteiger partial charge in [-0.15, -0.1) is 11.3 Å². The van der Waals surface area contributed by atoms with Gasteiger partial charge in [0.2, 0.25) is 0 Å². The number of Topliss-reactive ketones (excluding diaryl/α,β-unsaturated/α-hetero) is 1. The van der Waals surface area contributed by atoms with Crippen molar-refractivity contribution in [1.82, 2.24) is 9.97 Å². The molecule has 2 heterocycles. The van der Waals surface area contributed by atoms with E-state index in [9.17, 15) is 9.59 Å². The Hall–Kier alpha value is -1.83. The molecule has 0 aliphatic heterocycles. The summed E-state index contributed by atoms with van der Waals surface area (Å²) >= 11 is 8.63. The van der Waals surface area contributed by atoms with Crippen molar-refractivity contribution in [2.45, 2.75) is 16.8 Å². The molecular weight excluding hydrogens is 368 g/mol. The maximum atomic E-state index is 12.8. The summed E-state index contributed by atoms with van der Waals surface area (Å²) < 4.78 is 4.71. The largest absolute Gasteiger partial charge is 0.469 e. The van der Waals surface area contributed by atoms with Crippen LogP contribution in [0.5, 0.6) is 0 Å². The Morgan fingerprint density at radius 3 is 2.75 bits per heavy atom. The van der Waals surface area contributed by atoms with E-state index in [0.29, 0.717) is 15.7 Å². The van der Waals surface area contributed by atoms with Crippen LogP contribution in [0.15, 0.2) is 40.2 Å². The van der Waals surface area contributed by atoms with E-state index in [2.05, 4.69) is 9.97 Å². The Morgan fingerprint density at radius 1 is 1.33 bits per heavy atom. The zero-order valence-electron chi connectivity index (χ0n) is 12.6. The summed E-state index contributed by atoms with van der Waals surface area (Å²) in [6, 6.07) is 6.60. The van der Waals surface area contributed by atoms with Crippen LogP contribution in [0.3, 0.4) is 0 Å². The fraction of sp³-hybridized carbons (Fsp3) is 0.188. The highest BCUT2D eigenvalue weighted by atomic mass is 35.5. The van der Waals surface area contributed by atoms with Gasteiger partial charge in [-0.2, -0.15) is 0 Å². The van der Waals surface area contributed by atoms with Gasteiger partial charge in [-0.3, -0.25) is 9.59 Å². The highest BCUT2D eigenvalue weighted by molar-refractivity contribution is 8.00. The Bertz CT molecular complexity index is 844. The van der Waals surface area contributed by atoms with Crippen LogP contribution in [0.4, 0.5) is 0 Å². The summed E-state index contributed by atoms with van der Waals surface area (Å²) in [5, 5.41) is 4.39. The number of thiophene rings is 1. The van der Waals surface area contributed by atoms with Crippen LogP contribution in [-0.2, 0) is 9.53 Å². The van der Waals surface area contributed by atoms with Crippen LogP contribution in [0.2, 0.25) is 5.02 Å². The van der Waals surface area contributed by atoms with Crippen molar-refractivity contribution in [2.75, 3.05) is 7.11 Å². The van der Waals surface area contributed by atoms with E-state index >= 15 is 0 Å². The number of hydrogen-bond acceptors (Lipinski definition) is 6. The van der Waals surface area contributed by atoms with Crippen LogP contribution in [-0.4, -0.2) is 34.1 Å². The lowest BCUT2D eigenvalue weighted by Crippen LogP contribution is -2.22. The lowest BCUT2D eigenvalue weighted by molar-refractivity contribution is -0.140. The Morgan fingerprint density at radius 2 is 2.08 bits per heavy atom. The number of esters is 1. The summed E-state index contributed by atoms with van der Waals surface area (Å²) in [6.07, 6.45) is -0.0316. The lowest BCUT2D eigenvalue weighted by Gasteiger charge is -2.13. The number of H-pyrrole nitrogens is 1. The van der Waals surface area contributed by atoms with Crippen LogP contribution >= 0.6 is 34.7 Å². The molecule has 24 heavy (non-hydrogen) atoms. The van der Waals surface area contributed by atoms with Crippen molar-refractivity contribution in [3.63, 3.8) is 0 Å². The molecule has 8 heteroatoms. The second-order valence-electron chi connectivity index (χ2n) is 4.97. The van der Waals surface area contributed by atoms with E-state index in [1.165, 1.54) is 18.9 Å². The SMILES string of the molecule is COC(=O)CC(Sc1nc2cscc2[nH]1)C(=O)c1ccc(Cl)cc1. The van der Waals surface area contributed by atoms with Crippen LogP contribution in [0.1, 0.15) is 16.8 Å². The first kappa shape index (κ1) is 17.0. The van der Waals surface area contributed by atoms with Gasteiger partial charge in [-0.25, -0.2) is 4.98 Å². The van der Waals surface area contributed by atoms with Gasteiger partial charge in [0.05, 0.1) is 24.3 Å². The third-order valence-electron chi connectivity index (χ3n) is 3.36. The average molecular weight is 381 g/mol. The van der Waals surface area contributed by atoms with Crippen molar-refractivity contribution in [3.8, 4) is 0 Å². The second kappa shape index (κ2) is 7.38. The highest BCUT2D eigenvalue weighted by Crippen LogP contribution is 2.29. The second-order valence-corrected chi connectivity index (χ2v) is 7.34. The van der Waals surface area contributed by atoms with E-state index in [1.54, 1.807) is 35.6 Å². The number of fused-ring (bicyclic) bond motifs is 1. The Kier molecular flexibility index (Phi) is 5.23. The Labute approximate surface area is 151 Å². The predicted octanol–water partition coefficient (Wildman–Crippen LogP) is 4.18. The van der Waals surface area contributed by atoms with Crippen molar-refractivity contribution >= 4 is 57.5 Å². The van der Waals surface area contributed by atoms with Crippen molar-refractivity contribution < 1.29 is 14.3 Å². The Balaban J connectivity index is 1.84. The number of aromatic amines is 1. The van der Waals surface area contributed by atoms with Crippen molar-refractivity contribution in [3.05, 3.63) is 45.6 Å². The highest BCUT2D eigenvalue weighted by Gasteiger charge is 2.26. The summed E-state index contributed by atoms with van der Waals surface area (Å²) in [6.45, 7) is 0. The smallest absolute Gasteiger partial charge is 0.307 e. The van der Waals surface area contributed by atoms with Crippen molar-refractivity contribution in [1.29, 1.82) is 0 Å². The topological polar surface area (TPSA) is 72.0 Å². The normalized spacial score (nSPS) is 12.2. The fourth-order valence-electron chi connectivity index (χ4n) is 2.14. The number of benzene rings is 1. The summed E-state index contributed by atoms with van der Waals surface area (Å²) in [7, 11) is 1.30.